The number of aromatic amines is 1. The van der Waals surface area contributed by atoms with E-state index in [4.69, 9.17) is 0 Å². The Morgan fingerprint density at radius 1 is 0.919 bits per heavy atom. The number of aromatic nitrogens is 6. The molecule has 0 bridgehead atoms. The topological polar surface area (TPSA) is 102 Å². The molecule has 3 aromatic heterocycles. The van der Waals surface area contributed by atoms with E-state index in [9.17, 15) is 9.90 Å². The van der Waals surface area contributed by atoms with Gasteiger partial charge in [0.05, 0.1) is 11.0 Å². The van der Waals surface area contributed by atoms with E-state index in [1.165, 1.54) is 0 Å². The quantitative estimate of drug-likeness (QED) is 0.278. The smallest absolute Gasteiger partial charge is 0.340 e. The second-order valence-corrected chi connectivity index (χ2v) is 9.10. The number of tetrazole rings is 1. The third-order valence-electron chi connectivity index (χ3n) is 6.86. The number of aryl methyl sites for hydroxylation is 1. The van der Waals surface area contributed by atoms with Crippen molar-refractivity contribution in [1.29, 1.82) is 0 Å². The lowest BCUT2D eigenvalue weighted by molar-refractivity contribution is 0.0699. The van der Waals surface area contributed by atoms with E-state index in [2.05, 4.69) is 50.3 Å². The molecule has 0 saturated carbocycles. The molecule has 8 heteroatoms. The van der Waals surface area contributed by atoms with Crippen LogP contribution in [0.25, 0.3) is 39.1 Å². The summed E-state index contributed by atoms with van der Waals surface area (Å²) in [7, 11) is 0. The zero-order chi connectivity index (χ0) is 25.4. The van der Waals surface area contributed by atoms with Crippen molar-refractivity contribution in [3.63, 3.8) is 0 Å². The lowest BCUT2D eigenvalue weighted by atomic mass is 10.0. The summed E-state index contributed by atoms with van der Waals surface area (Å²) in [5, 5.41) is 27.4. The largest absolute Gasteiger partial charge is 0.478 e. The van der Waals surface area contributed by atoms with Gasteiger partial charge in [0.25, 0.3) is 0 Å². The molecule has 0 spiro atoms. The van der Waals surface area contributed by atoms with Crippen LogP contribution in [0.3, 0.4) is 0 Å². The summed E-state index contributed by atoms with van der Waals surface area (Å²) in [4.78, 5) is 12.9. The summed E-state index contributed by atoms with van der Waals surface area (Å²) in [5.41, 5.74) is 4.96. The number of benzene rings is 3. The van der Waals surface area contributed by atoms with Crippen molar-refractivity contribution in [3.8, 4) is 17.3 Å². The second kappa shape index (κ2) is 9.39. The van der Waals surface area contributed by atoms with Gasteiger partial charge in [-0.1, -0.05) is 80.1 Å². The lowest BCUT2D eigenvalue weighted by Crippen LogP contribution is -2.12. The predicted molar refractivity (Wildman–Crippen MR) is 143 cm³/mol. The van der Waals surface area contributed by atoms with Crippen molar-refractivity contribution < 1.29 is 9.90 Å². The molecule has 2 N–H and O–H groups in total. The Hall–Kier alpha value is -4.72. The van der Waals surface area contributed by atoms with Gasteiger partial charge in [0.1, 0.15) is 17.1 Å². The van der Waals surface area contributed by atoms with Crippen molar-refractivity contribution in [1.82, 2.24) is 29.8 Å². The molecule has 0 aliphatic rings. The third-order valence-corrected chi connectivity index (χ3v) is 6.86. The first-order chi connectivity index (χ1) is 18.2. The fourth-order valence-corrected chi connectivity index (χ4v) is 5.28. The van der Waals surface area contributed by atoms with E-state index in [-0.39, 0.29) is 5.56 Å². The summed E-state index contributed by atoms with van der Waals surface area (Å²) in [6, 6.07) is 26.0. The van der Waals surface area contributed by atoms with Crippen LogP contribution in [0.4, 0.5) is 0 Å². The van der Waals surface area contributed by atoms with Gasteiger partial charge in [-0.2, -0.15) is 5.21 Å². The molecule has 8 nitrogen and oxygen atoms in total. The first-order valence-electron chi connectivity index (χ1n) is 12.4. The molecule has 0 unspecified atom stereocenters. The van der Waals surface area contributed by atoms with E-state index in [1.807, 2.05) is 65.2 Å². The van der Waals surface area contributed by atoms with Crippen LogP contribution in [0.5, 0.6) is 0 Å². The zero-order valence-corrected chi connectivity index (χ0v) is 20.4. The Labute approximate surface area is 213 Å². The fraction of sp³-hybridized carbons (Fsp3) is 0.172. The van der Waals surface area contributed by atoms with Crippen molar-refractivity contribution >= 4 is 27.8 Å². The average Bonchev–Trinajstić information content (AvgIpc) is 3.63. The van der Waals surface area contributed by atoms with E-state index in [0.717, 1.165) is 46.1 Å². The number of nitrogens with zero attached hydrogens (tertiary/aromatic N) is 5. The lowest BCUT2D eigenvalue weighted by Gasteiger charge is -2.16. The first-order valence-corrected chi connectivity index (χ1v) is 12.4. The minimum atomic E-state index is -0.970. The molecule has 0 fully saturated rings. The number of para-hydroxylation sites is 2. The van der Waals surface area contributed by atoms with Gasteiger partial charge in [-0.25, -0.2) is 4.79 Å². The molecule has 0 radical (unpaired) electrons. The van der Waals surface area contributed by atoms with E-state index in [1.54, 1.807) is 0 Å². The van der Waals surface area contributed by atoms with Gasteiger partial charge in [-0.05, 0) is 34.9 Å². The number of H-pyrrole nitrogens is 1. The number of nitrogens with one attached hydrogen (secondary N) is 1. The number of hydrogen-bond acceptors (Lipinski definition) is 4. The van der Waals surface area contributed by atoms with Crippen LogP contribution in [0.15, 0.2) is 78.9 Å². The Morgan fingerprint density at radius 2 is 1.62 bits per heavy atom. The summed E-state index contributed by atoms with van der Waals surface area (Å²) < 4.78 is 4.15. The Balaban J connectivity index is 1.77. The van der Waals surface area contributed by atoms with Gasteiger partial charge in [0.15, 0.2) is 0 Å². The van der Waals surface area contributed by atoms with Crippen LogP contribution >= 0.6 is 0 Å². The monoisotopic (exact) mass is 490 g/mol. The maximum Gasteiger partial charge on any atom is 0.340 e. The number of fused-ring (bicyclic) bond motifs is 2. The van der Waals surface area contributed by atoms with Gasteiger partial charge in [-0.15, -0.1) is 10.2 Å². The number of carboxylic acid groups (broad SMARTS) is 1. The number of aromatic carboxylic acids is 1. The Morgan fingerprint density at radius 3 is 2.32 bits per heavy atom. The summed E-state index contributed by atoms with van der Waals surface area (Å²) in [6.07, 6.45) is 2.53. The van der Waals surface area contributed by atoms with Crippen LogP contribution in [-0.2, 0) is 13.0 Å². The molecule has 0 saturated heterocycles. The highest BCUT2D eigenvalue weighted by Gasteiger charge is 2.30. The second-order valence-electron chi connectivity index (χ2n) is 9.10. The van der Waals surface area contributed by atoms with E-state index in [0.29, 0.717) is 30.0 Å². The maximum absolute atomic E-state index is 12.9. The number of hydrogen-bond donors (Lipinski definition) is 2. The molecule has 0 amide bonds. The van der Waals surface area contributed by atoms with E-state index < -0.39 is 5.97 Å². The van der Waals surface area contributed by atoms with Crippen molar-refractivity contribution in [2.45, 2.75) is 32.7 Å². The maximum atomic E-state index is 12.9. The number of carbonyl (C=O) groups is 1. The molecule has 6 rings (SSSR count). The molecule has 0 aliphatic carbocycles. The molecule has 0 aliphatic heterocycles. The van der Waals surface area contributed by atoms with Gasteiger partial charge in [-0.3, -0.25) is 4.57 Å². The molecular formula is C29H26N6O2. The number of rotatable bonds is 8. The summed E-state index contributed by atoms with van der Waals surface area (Å²) in [5.74, 6) is 0.0612. The summed E-state index contributed by atoms with van der Waals surface area (Å²) >= 11 is 0. The standard InChI is InChI=1S/C29H26N6O2/c1-2-3-17-34-23-15-9-8-14-21(23)25(29(36)37)28(34)35-24-16-10-7-13-20(24)22(18-19-11-5-4-6-12-19)26(35)27-30-32-33-31-27/h4-16H,2-3,17-18H2,1H3,(H,36,37)(H,30,31,32,33). The fourth-order valence-electron chi connectivity index (χ4n) is 5.28. The average molecular weight is 491 g/mol. The highest BCUT2D eigenvalue weighted by molar-refractivity contribution is 6.08. The molecule has 184 valence electrons. The van der Waals surface area contributed by atoms with E-state index >= 15 is 0 Å². The van der Waals surface area contributed by atoms with Gasteiger partial charge < -0.3 is 9.67 Å². The van der Waals surface area contributed by atoms with Crippen LogP contribution < -0.4 is 0 Å². The molecule has 3 aromatic carbocycles. The Bertz CT molecular complexity index is 1710. The minimum Gasteiger partial charge on any atom is -0.478 e. The highest BCUT2D eigenvalue weighted by atomic mass is 16.4. The van der Waals surface area contributed by atoms with Gasteiger partial charge in [0, 0.05) is 23.7 Å². The van der Waals surface area contributed by atoms with Crippen LogP contribution in [-0.4, -0.2) is 40.8 Å². The number of unbranched alkanes of at least 4 members (excludes halogenated alkanes) is 1. The SMILES string of the molecule is CCCCn1c(-n2c(-c3nn[nH]n3)c(Cc3ccccc3)c3ccccc32)c(C(=O)O)c2ccccc21. The zero-order valence-electron chi connectivity index (χ0n) is 20.4. The minimum absolute atomic E-state index is 0.267. The van der Waals surface area contributed by atoms with Crippen molar-refractivity contribution in [2.75, 3.05) is 0 Å². The van der Waals surface area contributed by atoms with Crippen LogP contribution in [0.2, 0.25) is 0 Å². The van der Waals surface area contributed by atoms with Crippen LogP contribution in [0, 0.1) is 0 Å². The normalized spacial score (nSPS) is 11.5. The molecular weight excluding hydrogens is 464 g/mol. The molecule has 3 heterocycles. The first kappa shape index (κ1) is 22.7. The molecule has 0 atom stereocenters. The molecule has 6 aromatic rings. The van der Waals surface area contributed by atoms with Gasteiger partial charge >= 0.3 is 5.97 Å². The molecule has 37 heavy (non-hydrogen) atoms. The summed E-state index contributed by atoms with van der Waals surface area (Å²) in [6.45, 7) is 2.82. The highest BCUT2D eigenvalue weighted by Crippen LogP contribution is 2.40. The van der Waals surface area contributed by atoms with Crippen molar-refractivity contribution in [2.24, 2.45) is 0 Å². The predicted octanol–water partition coefficient (Wildman–Crippen LogP) is 5.85. The number of carboxylic acids is 1. The Kier molecular flexibility index (Phi) is 5.76. The third kappa shape index (κ3) is 3.78. The van der Waals surface area contributed by atoms with Gasteiger partial charge in [0.2, 0.25) is 5.82 Å². The van der Waals surface area contributed by atoms with Crippen molar-refractivity contribution in [3.05, 3.63) is 95.6 Å². The van der Waals surface area contributed by atoms with Crippen LogP contribution in [0.1, 0.15) is 41.3 Å².